The van der Waals surface area contributed by atoms with Crippen LogP contribution in [0.3, 0.4) is 0 Å². The van der Waals surface area contributed by atoms with Gasteiger partial charge in [-0.15, -0.1) is 21.5 Å². The summed E-state index contributed by atoms with van der Waals surface area (Å²) in [5.41, 5.74) is 4.45. The molecule has 0 spiro atoms. The molecule has 2 aromatic heterocycles. The molecule has 0 aliphatic carbocycles. The largest absolute Gasteiger partial charge is 0.302 e. The third-order valence-corrected chi connectivity index (χ3v) is 6.49. The zero-order valence-corrected chi connectivity index (χ0v) is 18.0. The fourth-order valence-electron chi connectivity index (χ4n) is 2.86. The maximum Gasteiger partial charge on any atom is 0.191 e. The van der Waals surface area contributed by atoms with Crippen molar-refractivity contribution >= 4 is 34.7 Å². The quantitative estimate of drug-likeness (QED) is 0.337. The number of aryl methyl sites for hydroxylation is 1. The third-order valence-electron chi connectivity index (χ3n) is 4.32. The van der Waals surface area contributed by atoms with Crippen molar-refractivity contribution in [3.8, 4) is 22.0 Å². The lowest BCUT2D eigenvalue weighted by atomic mass is 10.2. The van der Waals surface area contributed by atoms with Crippen molar-refractivity contribution in [1.82, 2.24) is 19.7 Å². The van der Waals surface area contributed by atoms with Crippen molar-refractivity contribution in [3.05, 3.63) is 70.2 Å². The van der Waals surface area contributed by atoms with Crippen LogP contribution in [-0.4, -0.2) is 19.7 Å². The average molecular weight is 427 g/mol. The predicted molar refractivity (Wildman–Crippen MR) is 118 cm³/mol. The first-order valence-corrected chi connectivity index (χ1v) is 11.2. The summed E-state index contributed by atoms with van der Waals surface area (Å²) in [6, 6.07) is 16.2. The van der Waals surface area contributed by atoms with Gasteiger partial charge in [-0.2, -0.15) is 0 Å². The second kappa shape index (κ2) is 8.47. The highest BCUT2D eigenvalue weighted by Crippen LogP contribution is 2.30. The number of thiazole rings is 1. The maximum atomic E-state index is 6.13. The predicted octanol–water partition coefficient (Wildman–Crippen LogP) is 6.34. The lowest BCUT2D eigenvalue weighted by Crippen LogP contribution is -2.00. The van der Waals surface area contributed by atoms with Gasteiger partial charge in [-0.05, 0) is 26.0 Å². The highest BCUT2D eigenvalue weighted by atomic mass is 35.5. The van der Waals surface area contributed by atoms with Crippen LogP contribution in [-0.2, 0) is 12.3 Å². The van der Waals surface area contributed by atoms with Gasteiger partial charge in [-0.25, -0.2) is 4.98 Å². The molecular formula is C21H19ClN4S2. The fraction of sp³-hybridized carbons (Fsp3) is 0.190. The molecule has 0 saturated carbocycles. The Morgan fingerprint density at radius 2 is 1.89 bits per heavy atom. The minimum Gasteiger partial charge on any atom is -0.302 e. The zero-order valence-electron chi connectivity index (χ0n) is 15.6. The summed E-state index contributed by atoms with van der Waals surface area (Å²) >= 11 is 9.46. The molecule has 4 nitrogen and oxygen atoms in total. The Morgan fingerprint density at radius 1 is 1.07 bits per heavy atom. The lowest BCUT2D eigenvalue weighted by Gasteiger charge is -2.07. The topological polar surface area (TPSA) is 43.6 Å². The molecule has 28 heavy (non-hydrogen) atoms. The summed E-state index contributed by atoms with van der Waals surface area (Å²) in [5, 5.41) is 13.5. The van der Waals surface area contributed by atoms with Crippen molar-refractivity contribution in [2.24, 2.45) is 0 Å². The average Bonchev–Trinajstić information content (AvgIpc) is 3.33. The summed E-state index contributed by atoms with van der Waals surface area (Å²) < 4.78 is 2.11. The molecular weight excluding hydrogens is 408 g/mol. The molecule has 0 fully saturated rings. The standard InChI is InChI=1S/C21H19ClN4S2/c1-3-26-19(16-5-4-6-17(22)11-16)24-25-21(26)28-13-18-12-27-20(23-18)15-9-7-14(2)8-10-15/h4-12H,3,13H2,1-2H3. The number of benzene rings is 2. The summed E-state index contributed by atoms with van der Waals surface area (Å²) in [7, 11) is 0. The first-order valence-electron chi connectivity index (χ1n) is 8.97. The van der Waals surface area contributed by atoms with Gasteiger partial charge in [-0.3, -0.25) is 0 Å². The normalized spacial score (nSPS) is 11.1. The smallest absolute Gasteiger partial charge is 0.191 e. The lowest BCUT2D eigenvalue weighted by molar-refractivity contribution is 0.687. The van der Waals surface area contributed by atoms with Crippen LogP contribution < -0.4 is 0 Å². The van der Waals surface area contributed by atoms with Crippen molar-refractivity contribution < 1.29 is 0 Å². The Balaban J connectivity index is 1.50. The van der Waals surface area contributed by atoms with Gasteiger partial charge < -0.3 is 4.57 Å². The monoisotopic (exact) mass is 426 g/mol. The van der Waals surface area contributed by atoms with E-state index in [0.29, 0.717) is 5.02 Å². The van der Waals surface area contributed by atoms with Gasteiger partial charge in [0.1, 0.15) is 5.01 Å². The number of halogens is 1. The summed E-state index contributed by atoms with van der Waals surface area (Å²) in [6.07, 6.45) is 0. The van der Waals surface area contributed by atoms with E-state index >= 15 is 0 Å². The summed E-state index contributed by atoms with van der Waals surface area (Å²) in [5.74, 6) is 1.60. The zero-order chi connectivity index (χ0) is 19.5. The highest BCUT2D eigenvalue weighted by Gasteiger charge is 2.14. The summed E-state index contributed by atoms with van der Waals surface area (Å²) in [4.78, 5) is 4.78. The van der Waals surface area contributed by atoms with E-state index in [1.165, 1.54) is 5.56 Å². The van der Waals surface area contributed by atoms with Crippen molar-refractivity contribution in [2.45, 2.75) is 31.3 Å². The van der Waals surface area contributed by atoms with Crippen LogP contribution >= 0.6 is 34.7 Å². The molecule has 0 N–H and O–H groups in total. The molecule has 2 heterocycles. The van der Waals surface area contributed by atoms with E-state index in [4.69, 9.17) is 16.6 Å². The van der Waals surface area contributed by atoms with Crippen molar-refractivity contribution in [1.29, 1.82) is 0 Å². The molecule has 0 saturated heterocycles. The van der Waals surface area contributed by atoms with E-state index in [2.05, 4.69) is 58.3 Å². The van der Waals surface area contributed by atoms with Crippen LogP contribution in [0, 0.1) is 6.92 Å². The first kappa shape index (κ1) is 19.2. The molecule has 2 aromatic carbocycles. The van der Waals surface area contributed by atoms with Gasteiger partial charge in [0.2, 0.25) is 0 Å². The molecule has 4 rings (SSSR count). The van der Waals surface area contributed by atoms with Crippen LogP contribution in [0.5, 0.6) is 0 Å². The van der Waals surface area contributed by atoms with Gasteiger partial charge >= 0.3 is 0 Å². The van der Waals surface area contributed by atoms with E-state index < -0.39 is 0 Å². The number of nitrogens with zero attached hydrogens (tertiary/aromatic N) is 4. The van der Waals surface area contributed by atoms with Crippen LogP contribution in [0.15, 0.2) is 59.1 Å². The van der Waals surface area contributed by atoms with Gasteiger partial charge in [0, 0.05) is 33.8 Å². The molecule has 4 aromatic rings. The molecule has 0 radical (unpaired) electrons. The number of hydrogen-bond donors (Lipinski definition) is 0. The van der Waals surface area contributed by atoms with E-state index in [9.17, 15) is 0 Å². The Kier molecular flexibility index (Phi) is 5.80. The Labute approximate surface area is 177 Å². The Hall–Kier alpha value is -2.15. The number of hydrogen-bond acceptors (Lipinski definition) is 5. The van der Waals surface area contributed by atoms with Crippen LogP contribution in [0.1, 0.15) is 18.2 Å². The van der Waals surface area contributed by atoms with Crippen LogP contribution in [0.4, 0.5) is 0 Å². The fourth-order valence-corrected chi connectivity index (χ4v) is 4.88. The van der Waals surface area contributed by atoms with Gasteiger partial charge in [0.25, 0.3) is 0 Å². The van der Waals surface area contributed by atoms with Gasteiger partial charge in [-0.1, -0.05) is 65.3 Å². The molecule has 0 amide bonds. The third kappa shape index (κ3) is 4.14. The highest BCUT2D eigenvalue weighted by molar-refractivity contribution is 7.98. The molecule has 0 atom stereocenters. The SMILES string of the molecule is CCn1c(SCc2csc(-c3ccc(C)cc3)n2)nnc1-c1cccc(Cl)c1. The Bertz CT molecular complexity index is 1090. The number of rotatable bonds is 6. The van der Waals surface area contributed by atoms with Crippen LogP contribution in [0.25, 0.3) is 22.0 Å². The van der Waals surface area contributed by atoms with Crippen molar-refractivity contribution in [2.75, 3.05) is 0 Å². The minimum absolute atomic E-state index is 0.698. The van der Waals surface area contributed by atoms with E-state index in [1.807, 2.05) is 24.3 Å². The molecule has 142 valence electrons. The second-order valence-electron chi connectivity index (χ2n) is 6.36. The van der Waals surface area contributed by atoms with E-state index in [1.54, 1.807) is 23.1 Å². The van der Waals surface area contributed by atoms with Gasteiger partial charge in [0.15, 0.2) is 11.0 Å². The van der Waals surface area contributed by atoms with E-state index in [0.717, 1.165) is 45.1 Å². The molecule has 0 bridgehead atoms. The van der Waals surface area contributed by atoms with Gasteiger partial charge in [0.05, 0.1) is 5.69 Å². The number of thioether (sulfide) groups is 1. The minimum atomic E-state index is 0.698. The summed E-state index contributed by atoms with van der Waals surface area (Å²) in [6.45, 7) is 4.98. The van der Waals surface area contributed by atoms with E-state index in [-0.39, 0.29) is 0 Å². The molecule has 0 unspecified atom stereocenters. The van der Waals surface area contributed by atoms with Crippen molar-refractivity contribution in [3.63, 3.8) is 0 Å². The molecule has 7 heteroatoms. The first-order chi connectivity index (χ1) is 13.6. The Morgan fingerprint density at radius 3 is 2.64 bits per heavy atom. The molecule has 0 aliphatic rings. The second-order valence-corrected chi connectivity index (χ2v) is 8.60. The number of aromatic nitrogens is 4. The maximum absolute atomic E-state index is 6.13. The van der Waals surface area contributed by atoms with Crippen LogP contribution in [0.2, 0.25) is 5.02 Å². The molecule has 0 aliphatic heterocycles.